The van der Waals surface area contributed by atoms with Gasteiger partial charge in [0.1, 0.15) is 0 Å². The van der Waals surface area contributed by atoms with Crippen molar-refractivity contribution in [2.45, 2.75) is 30.7 Å². The van der Waals surface area contributed by atoms with Crippen LogP contribution in [0.4, 0.5) is 0 Å². The summed E-state index contributed by atoms with van der Waals surface area (Å²) < 4.78 is 26.0. The first-order valence-corrected chi connectivity index (χ1v) is 7.34. The molecule has 5 nitrogen and oxygen atoms in total. The van der Waals surface area contributed by atoms with E-state index >= 15 is 0 Å². The smallest absolute Gasteiger partial charge is 0.264 e. The van der Waals surface area contributed by atoms with Crippen LogP contribution in [0.5, 0.6) is 0 Å². The Labute approximate surface area is 107 Å². The Hall–Kier alpha value is -1.40. The van der Waals surface area contributed by atoms with Gasteiger partial charge in [-0.1, -0.05) is 17.7 Å². The van der Waals surface area contributed by atoms with Gasteiger partial charge < -0.3 is 5.32 Å². The van der Waals surface area contributed by atoms with Crippen LogP contribution in [0, 0.1) is 6.92 Å². The number of hydrogen-bond acceptors (Lipinski definition) is 4. The minimum Gasteiger partial charge on any atom is -0.306 e. The first-order valence-electron chi connectivity index (χ1n) is 5.86. The molecule has 2 N–H and O–H groups in total. The molecule has 1 saturated heterocycles. The first kappa shape index (κ1) is 13.0. The van der Waals surface area contributed by atoms with Crippen LogP contribution in [0.3, 0.4) is 0 Å². The Bertz CT molecular complexity index is 531. The second kappa shape index (κ2) is 5.07. The van der Waals surface area contributed by atoms with Crippen LogP contribution < -0.4 is 10.0 Å². The molecule has 0 aliphatic carbocycles. The molecule has 0 radical (unpaired) electrons. The fraction of sp³-hybridized carbons (Fsp3) is 0.417. The largest absolute Gasteiger partial charge is 0.306 e. The lowest BCUT2D eigenvalue weighted by Crippen LogP contribution is -2.43. The number of nitrogens with one attached hydrogen (secondary N) is 2. The van der Waals surface area contributed by atoms with Gasteiger partial charge in [0.15, 0.2) is 0 Å². The number of sulfonamides is 1. The minimum atomic E-state index is -3.75. The quantitative estimate of drug-likeness (QED) is 0.839. The summed E-state index contributed by atoms with van der Waals surface area (Å²) in [5.74, 6) is -0.479. The number of aryl methyl sites for hydroxylation is 1. The van der Waals surface area contributed by atoms with Crippen LogP contribution in [0.2, 0.25) is 0 Å². The Morgan fingerprint density at radius 3 is 2.56 bits per heavy atom. The molecule has 1 unspecified atom stereocenters. The third kappa shape index (κ3) is 2.88. The van der Waals surface area contributed by atoms with Crippen molar-refractivity contribution in [1.82, 2.24) is 10.0 Å². The summed E-state index contributed by atoms with van der Waals surface area (Å²) in [6, 6.07) is 5.99. The van der Waals surface area contributed by atoms with Crippen molar-refractivity contribution in [2.75, 3.05) is 6.54 Å². The molecule has 1 amide bonds. The summed E-state index contributed by atoms with van der Waals surface area (Å²) in [5, 5.41) is 2.96. The number of rotatable bonds is 3. The normalized spacial score (nSPS) is 19.7. The average molecular weight is 268 g/mol. The molecule has 0 saturated carbocycles. The molecule has 6 heteroatoms. The third-order valence-electron chi connectivity index (χ3n) is 2.94. The molecule has 1 aliphatic rings. The lowest BCUT2D eigenvalue weighted by molar-refractivity contribution is -0.121. The van der Waals surface area contributed by atoms with E-state index in [0.717, 1.165) is 18.5 Å². The number of carbonyl (C=O) groups is 1. The van der Waals surface area contributed by atoms with Crippen LogP contribution in [0.1, 0.15) is 18.4 Å². The Kier molecular flexibility index (Phi) is 3.68. The van der Waals surface area contributed by atoms with E-state index in [1.807, 2.05) is 6.92 Å². The molecule has 1 heterocycles. The monoisotopic (exact) mass is 268 g/mol. The molecule has 1 aliphatic heterocycles. The average Bonchev–Trinajstić information content (AvgIpc) is 2.82. The third-order valence-corrected chi connectivity index (χ3v) is 4.31. The molecule has 1 fully saturated rings. The molecule has 1 atom stereocenters. The maximum atomic E-state index is 12.0. The highest BCUT2D eigenvalue weighted by Crippen LogP contribution is 2.11. The van der Waals surface area contributed by atoms with E-state index in [1.165, 1.54) is 12.1 Å². The molecule has 2 rings (SSSR count). The van der Waals surface area contributed by atoms with Crippen molar-refractivity contribution >= 4 is 15.9 Å². The van der Waals surface area contributed by atoms with Crippen molar-refractivity contribution in [2.24, 2.45) is 0 Å². The summed E-state index contributed by atoms with van der Waals surface area (Å²) in [7, 11) is -3.75. The summed E-state index contributed by atoms with van der Waals surface area (Å²) in [6.07, 6.45) is 1.57. The van der Waals surface area contributed by atoms with Crippen molar-refractivity contribution in [3.8, 4) is 0 Å². The number of benzene rings is 1. The minimum absolute atomic E-state index is 0.111. The van der Waals surface area contributed by atoms with E-state index in [9.17, 15) is 13.2 Å². The first-order chi connectivity index (χ1) is 8.49. The topological polar surface area (TPSA) is 75.3 Å². The lowest BCUT2D eigenvalue weighted by Gasteiger charge is -2.11. The highest BCUT2D eigenvalue weighted by Gasteiger charge is 2.26. The zero-order chi connectivity index (χ0) is 13.2. The van der Waals surface area contributed by atoms with Gasteiger partial charge in [-0.25, -0.2) is 13.1 Å². The van der Waals surface area contributed by atoms with Crippen LogP contribution in [0.25, 0.3) is 0 Å². The van der Waals surface area contributed by atoms with E-state index in [0.29, 0.717) is 6.42 Å². The van der Waals surface area contributed by atoms with Crippen molar-refractivity contribution < 1.29 is 13.2 Å². The summed E-state index contributed by atoms with van der Waals surface area (Å²) in [5.41, 5.74) is 0.970. The van der Waals surface area contributed by atoms with Gasteiger partial charge in [-0.05, 0) is 38.4 Å². The van der Waals surface area contributed by atoms with Gasteiger partial charge in [-0.15, -0.1) is 0 Å². The molecule has 0 aromatic heterocycles. The highest BCUT2D eigenvalue weighted by molar-refractivity contribution is 7.90. The molecule has 1 aromatic rings. The Morgan fingerprint density at radius 2 is 2.00 bits per heavy atom. The lowest BCUT2D eigenvalue weighted by atomic mass is 10.2. The van der Waals surface area contributed by atoms with Crippen LogP contribution in [0.15, 0.2) is 29.2 Å². The zero-order valence-electron chi connectivity index (χ0n) is 10.1. The number of amides is 1. The number of hydrogen-bond donors (Lipinski definition) is 2. The van der Waals surface area contributed by atoms with E-state index < -0.39 is 22.0 Å². The van der Waals surface area contributed by atoms with Gasteiger partial charge in [0, 0.05) is 0 Å². The summed E-state index contributed by atoms with van der Waals surface area (Å²) >= 11 is 0. The van der Waals surface area contributed by atoms with E-state index in [2.05, 4.69) is 10.0 Å². The maximum absolute atomic E-state index is 12.0. The Balaban J connectivity index is 2.11. The highest BCUT2D eigenvalue weighted by atomic mass is 32.2. The summed E-state index contributed by atoms with van der Waals surface area (Å²) in [4.78, 5) is 11.9. The fourth-order valence-corrected chi connectivity index (χ4v) is 2.91. The van der Waals surface area contributed by atoms with Gasteiger partial charge in [0.25, 0.3) is 15.9 Å². The standard InChI is InChI=1S/C12H16N2O3S/c1-9-4-6-10(7-5-9)18(16,17)14-12(15)11-3-2-8-13-11/h4-7,11,13H,2-3,8H2,1H3,(H,14,15). The van der Waals surface area contributed by atoms with Crippen molar-refractivity contribution in [1.29, 1.82) is 0 Å². The zero-order valence-corrected chi connectivity index (χ0v) is 11.0. The molecule has 0 spiro atoms. The van der Waals surface area contributed by atoms with Gasteiger partial charge in [0.2, 0.25) is 0 Å². The molecule has 98 valence electrons. The van der Waals surface area contributed by atoms with E-state index in [1.54, 1.807) is 12.1 Å². The molecule has 1 aromatic carbocycles. The predicted octanol–water partition coefficient (Wildman–Crippen LogP) is 0.552. The molecular formula is C12H16N2O3S. The van der Waals surface area contributed by atoms with Crippen LogP contribution in [-0.4, -0.2) is 26.9 Å². The Morgan fingerprint density at radius 1 is 1.33 bits per heavy atom. The van der Waals surface area contributed by atoms with Gasteiger partial charge in [0.05, 0.1) is 10.9 Å². The van der Waals surface area contributed by atoms with Gasteiger partial charge in [-0.3, -0.25) is 4.79 Å². The van der Waals surface area contributed by atoms with Crippen LogP contribution in [-0.2, 0) is 14.8 Å². The van der Waals surface area contributed by atoms with E-state index in [-0.39, 0.29) is 4.90 Å². The molecule has 18 heavy (non-hydrogen) atoms. The maximum Gasteiger partial charge on any atom is 0.264 e. The fourth-order valence-electron chi connectivity index (χ4n) is 1.89. The van der Waals surface area contributed by atoms with Crippen LogP contribution >= 0.6 is 0 Å². The van der Waals surface area contributed by atoms with Gasteiger partial charge in [-0.2, -0.15) is 0 Å². The summed E-state index contributed by atoms with van der Waals surface area (Å²) in [6.45, 7) is 2.63. The van der Waals surface area contributed by atoms with Gasteiger partial charge >= 0.3 is 0 Å². The predicted molar refractivity (Wildman–Crippen MR) is 67.5 cm³/mol. The van der Waals surface area contributed by atoms with Crippen molar-refractivity contribution in [3.05, 3.63) is 29.8 Å². The second-order valence-corrected chi connectivity index (χ2v) is 6.11. The van der Waals surface area contributed by atoms with Crippen molar-refractivity contribution in [3.63, 3.8) is 0 Å². The molecular weight excluding hydrogens is 252 g/mol. The molecule has 0 bridgehead atoms. The van der Waals surface area contributed by atoms with E-state index in [4.69, 9.17) is 0 Å². The SMILES string of the molecule is Cc1ccc(S(=O)(=O)NC(=O)C2CCCN2)cc1. The second-order valence-electron chi connectivity index (χ2n) is 4.43. The number of carbonyl (C=O) groups excluding carboxylic acids is 1.